The molecule has 4 nitrogen and oxygen atoms in total. The first-order valence-corrected chi connectivity index (χ1v) is 8.20. The van der Waals surface area contributed by atoms with Crippen LogP contribution in [-0.4, -0.2) is 43.7 Å². The number of hydrogen-bond acceptors (Lipinski definition) is 3. The van der Waals surface area contributed by atoms with Crippen molar-refractivity contribution in [2.75, 3.05) is 26.8 Å². The summed E-state index contributed by atoms with van der Waals surface area (Å²) >= 11 is 0. The van der Waals surface area contributed by atoms with Crippen molar-refractivity contribution in [1.82, 2.24) is 4.90 Å². The summed E-state index contributed by atoms with van der Waals surface area (Å²) in [4.78, 5) is 13.8. The lowest BCUT2D eigenvalue weighted by Gasteiger charge is -2.38. The normalized spacial score (nSPS) is 15.6. The average Bonchev–Trinajstić information content (AvgIpc) is 2.53. The molecule has 1 heterocycles. The zero-order chi connectivity index (χ0) is 16.9. The molecule has 0 atom stereocenters. The fourth-order valence-corrected chi connectivity index (χ4v) is 2.92. The van der Waals surface area contributed by atoms with Gasteiger partial charge in [-0.15, -0.1) is 0 Å². The highest BCUT2D eigenvalue weighted by atomic mass is 16.5. The lowest BCUT2D eigenvalue weighted by Crippen LogP contribution is -2.54. The van der Waals surface area contributed by atoms with Gasteiger partial charge in [0.25, 0.3) is 0 Å². The molecule has 0 unspecified atom stereocenters. The van der Waals surface area contributed by atoms with E-state index in [1.165, 1.54) is 16.3 Å². The van der Waals surface area contributed by atoms with Crippen LogP contribution in [0.15, 0.2) is 54.1 Å². The van der Waals surface area contributed by atoms with E-state index >= 15 is 0 Å². The van der Waals surface area contributed by atoms with Crippen LogP contribution in [0.25, 0.3) is 10.8 Å². The summed E-state index contributed by atoms with van der Waals surface area (Å²) in [5.41, 5.74) is 2.12. The monoisotopic (exact) mass is 325 g/mol. The van der Waals surface area contributed by atoms with Crippen LogP contribution in [0.3, 0.4) is 0 Å². The molecular weight excluding hydrogens is 302 g/mol. The number of benzene rings is 2. The second-order valence-corrected chi connectivity index (χ2v) is 6.24. The summed E-state index contributed by atoms with van der Waals surface area (Å²) in [7, 11) is 1.63. The van der Waals surface area contributed by atoms with Crippen LogP contribution < -0.4 is 0 Å². The fraction of sp³-hybridized carbons (Fsp3) is 0.350. The SMILES string of the molecule is COC/C(C)=C/C(=O)N1CC(OCc2cccc3ccccc23)C1. The first kappa shape index (κ1) is 16.7. The Balaban J connectivity index is 1.51. The highest BCUT2D eigenvalue weighted by molar-refractivity contribution is 5.89. The van der Waals surface area contributed by atoms with Gasteiger partial charge in [0, 0.05) is 26.3 Å². The molecule has 0 spiro atoms. The Morgan fingerprint density at radius 1 is 1.21 bits per heavy atom. The third kappa shape index (κ3) is 3.83. The first-order valence-electron chi connectivity index (χ1n) is 8.20. The van der Waals surface area contributed by atoms with Gasteiger partial charge >= 0.3 is 0 Å². The number of amides is 1. The molecule has 3 rings (SSSR count). The Bertz CT molecular complexity index is 742. The van der Waals surface area contributed by atoms with Crippen molar-refractivity contribution in [1.29, 1.82) is 0 Å². The van der Waals surface area contributed by atoms with Crippen molar-refractivity contribution in [3.05, 3.63) is 59.7 Å². The zero-order valence-electron chi connectivity index (χ0n) is 14.2. The lowest BCUT2D eigenvalue weighted by molar-refractivity contribution is -0.140. The predicted octanol–water partition coefficient (Wildman–Crippen LogP) is 3.16. The maximum atomic E-state index is 12.0. The Morgan fingerprint density at radius 3 is 2.75 bits per heavy atom. The minimum atomic E-state index is 0.0366. The Hall–Kier alpha value is -2.17. The summed E-state index contributed by atoms with van der Waals surface area (Å²) in [6.07, 6.45) is 1.76. The lowest BCUT2D eigenvalue weighted by atomic mass is 10.1. The third-order valence-electron chi connectivity index (χ3n) is 4.26. The number of carbonyl (C=O) groups is 1. The number of ether oxygens (including phenoxy) is 2. The fourth-order valence-electron chi connectivity index (χ4n) is 2.92. The minimum Gasteiger partial charge on any atom is -0.380 e. The van der Waals surface area contributed by atoms with Gasteiger partial charge in [0.1, 0.15) is 0 Å². The molecule has 24 heavy (non-hydrogen) atoms. The van der Waals surface area contributed by atoms with E-state index in [4.69, 9.17) is 9.47 Å². The van der Waals surface area contributed by atoms with E-state index in [0.717, 1.165) is 5.57 Å². The van der Waals surface area contributed by atoms with Gasteiger partial charge in [-0.05, 0) is 28.8 Å². The molecule has 2 aromatic carbocycles. The van der Waals surface area contributed by atoms with Gasteiger partial charge in [0.2, 0.25) is 5.91 Å². The van der Waals surface area contributed by atoms with Gasteiger partial charge in [-0.25, -0.2) is 0 Å². The van der Waals surface area contributed by atoms with E-state index < -0.39 is 0 Å². The summed E-state index contributed by atoms with van der Waals surface area (Å²) in [5, 5.41) is 2.45. The van der Waals surface area contributed by atoms with E-state index in [1.54, 1.807) is 18.1 Å². The zero-order valence-corrected chi connectivity index (χ0v) is 14.2. The van der Waals surface area contributed by atoms with Crippen molar-refractivity contribution in [2.24, 2.45) is 0 Å². The van der Waals surface area contributed by atoms with Gasteiger partial charge < -0.3 is 14.4 Å². The highest BCUT2D eigenvalue weighted by Gasteiger charge is 2.30. The van der Waals surface area contributed by atoms with Crippen LogP contribution in [0, 0.1) is 0 Å². The minimum absolute atomic E-state index is 0.0366. The summed E-state index contributed by atoms with van der Waals surface area (Å²) in [5.74, 6) is 0.0366. The smallest absolute Gasteiger partial charge is 0.246 e. The molecule has 0 saturated carbocycles. The van der Waals surface area contributed by atoms with E-state index in [1.807, 2.05) is 19.1 Å². The molecule has 1 fully saturated rings. The molecule has 1 amide bonds. The number of fused-ring (bicyclic) bond motifs is 1. The van der Waals surface area contributed by atoms with Crippen LogP contribution in [0.1, 0.15) is 12.5 Å². The maximum absolute atomic E-state index is 12.0. The molecule has 0 aliphatic carbocycles. The molecule has 1 aliphatic rings. The topological polar surface area (TPSA) is 38.8 Å². The van der Waals surface area contributed by atoms with E-state index in [9.17, 15) is 4.79 Å². The average molecular weight is 325 g/mol. The van der Waals surface area contributed by atoms with Crippen molar-refractivity contribution in [3.8, 4) is 0 Å². The number of methoxy groups -OCH3 is 1. The Labute approximate surface area is 142 Å². The standard InChI is InChI=1S/C20H23NO3/c1-15(13-23-2)10-20(22)21-11-18(12-21)24-14-17-8-5-7-16-6-3-4-9-19(16)17/h3-10,18H,11-14H2,1-2H3/b15-10+. The van der Waals surface area contributed by atoms with Gasteiger partial charge in [0.15, 0.2) is 0 Å². The summed E-state index contributed by atoms with van der Waals surface area (Å²) in [6.45, 7) is 4.27. The van der Waals surface area contributed by atoms with Crippen LogP contribution >= 0.6 is 0 Å². The maximum Gasteiger partial charge on any atom is 0.246 e. The molecule has 0 N–H and O–H groups in total. The third-order valence-corrected chi connectivity index (χ3v) is 4.26. The van der Waals surface area contributed by atoms with Crippen LogP contribution in [-0.2, 0) is 20.9 Å². The Kier molecular flexibility index (Phi) is 5.28. The van der Waals surface area contributed by atoms with Gasteiger partial charge in [-0.3, -0.25) is 4.79 Å². The van der Waals surface area contributed by atoms with E-state index in [0.29, 0.717) is 26.3 Å². The second-order valence-electron chi connectivity index (χ2n) is 6.24. The molecule has 1 aliphatic heterocycles. The van der Waals surface area contributed by atoms with E-state index in [-0.39, 0.29) is 12.0 Å². The highest BCUT2D eigenvalue weighted by Crippen LogP contribution is 2.21. The summed E-state index contributed by atoms with van der Waals surface area (Å²) < 4.78 is 11.0. The number of likely N-dealkylation sites (tertiary alicyclic amines) is 1. The number of nitrogens with zero attached hydrogens (tertiary/aromatic N) is 1. The van der Waals surface area contributed by atoms with E-state index in [2.05, 4.69) is 30.3 Å². The number of hydrogen-bond donors (Lipinski definition) is 0. The second kappa shape index (κ2) is 7.60. The number of rotatable bonds is 6. The molecule has 126 valence electrons. The molecular formula is C20H23NO3. The van der Waals surface area contributed by atoms with Crippen molar-refractivity contribution in [2.45, 2.75) is 19.6 Å². The quantitative estimate of drug-likeness (QED) is 0.766. The molecule has 2 aromatic rings. The first-order chi connectivity index (χ1) is 11.7. The molecule has 0 bridgehead atoms. The number of carbonyl (C=O) groups excluding carboxylic acids is 1. The van der Waals surface area contributed by atoms with Crippen molar-refractivity contribution < 1.29 is 14.3 Å². The Morgan fingerprint density at radius 2 is 1.96 bits per heavy atom. The largest absolute Gasteiger partial charge is 0.380 e. The van der Waals surface area contributed by atoms with Crippen molar-refractivity contribution >= 4 is 16.7 Å². The van der Waals surface area contributed by atoms with Crippen LogP contribution in [0.2, 0.25) is 0 Å². The van der Waals surface area contributed by atoms with Gasteiger partial charge in [-0.1, -0.05) is 42.5 Å². The predicted molar refractivity (Wildman–Crippen MR) is 94.7 cm³/mol. The molecule has 1 saturated heterocycles. The molecule has 0 aromatic heterocycles. The summed E-state index contributed by atoms with van der Waals surface area (Å²) in [6, 6.07) is 14.6. The van der Waals surface area contributed by atoms with Crippen molar-refractivity contribution in [3.63, 3.8) is 0 Å². The van der Waals surface area contributed by atoms with Crippen LogP contribution in [0.4, 0.5) is 0 Å². The van der Waals surface area contributed by atoms with Crippen LogP contribution in [0.5, 0.6) is 0 Å². The van der Waals surface area contributed by atoms with Gasteiger partial charge in [0.05, 0.1) is 19.3 Å². The molecule has 4 heteroatoms. The van der Waals surface area contributed by atoms with Gasteiger partial charge in [-0.2, -0.15) is 0 Å². The molecule has 0 radical (unpaired) electrons.